The molecule has 0 heterocycles. The van der Waals surface area contributed by atoms with E-state index in [4.69, 9.17) is 4.74 Å². The molecule has 0 fully saturated rings. The molecule has 7 nitrogen and oxygen atoms in total. The van der Waals surface area contributed by atoms with Gasteiger partial charge in [-0.15, -0.1) is 0 Å². The zero-order chi connectivity index (χ0) is 21.5. The van der Waals surface area contributed by atoms with Crippen LogP contribution < -0.4 is 20.7 Å². The lowest BCUT2D eigenvalue weighted by Crippen LogP contribution is -2.14. The van der Waals surface area contributed by atoms with Gasteiger partial charge < -0.3 is 20.7 Å². The largest absolute Gasteiger partial charge is 0.495 e. The van der Waals surface area contributed by atoms with Crippen molar-refractivity contribution in [3.05, 3.63) is 83.9 Å². The van der Waals surface area contributed by atoms with Crippen LogP contribution in [-0.2, 0) is 4.79 Å². The Labute approximate surface area is 174 Å². The molecule has 0 spiro atoms. The van der Waals surface area contributed by atoms with Gasteiger partial charge in [0.15, 0.2) is 0 Å². The van der Waals surface area contributed by atoms with Gasteiger partial charge in [0.1, 0.15) is 5.75 Å². The number of carbonyl (C=O) groups excluding carboxylic acids is 3. The van der Waals surface area contributed by atoms with E-state index >= 15 is 0 Å². The van der Waals surface area contributed by atoms with Crippen molar-refractivity contribution in [2.24, 2.45) is 0 Å². The van der Waals surface area contributed by atoms with Crippen LogP contribution >= 0.6 is 0 Å². The summed E-state index contributed by atoms with van der Waals surface area (Å²) >= 11 is 0. The molecule has 7 heteroatoms. The van der Waals surface area contributed by atoms with E-state index in [9.17, 15) is 14.4 Å². The normalized spacial score (nSPS) is 10.1. The molecule has 0 unspecified atom stereocenters. The third-order valence-corrected chi connectivity index (χ3v) is 4.21. The highest BCUT2D eigenvalue weighted by molar-refractivity contribution is 6.07. The summed E-state index contributed by atoms with van der Waals surface area (Å²) in [5.74, 6) is -0.326. The Morgan fingerprint density at radius 3 is 1.93 bits per heavy atom. The van der Waals surface area contributed by atoms with Crippen molar-refractivity contribution in [3.8, 4) is 5.75 Å². The summed E-state index contributed by atoms with van der Waals surface area (Å²) in [7, 11) is 1.50. The van der Waals surface area contributed by atoms with Gasteiger partial charge in [-0.05, 0) is 54.6 Å². The zero-order valence-corrected chi connectivity index (χ0v) is 16.6. The summed E-state index contributed by atoms with van der Waals surface area (Å²) in [6.07, 6.45) is 0. The molecule has 0 saturated carbocycles. The number of benzene rings is 3. The predicted octanol–water partition coefficient (Wildman–Crippen LogP) is 4.16. The molecule has 3 amide bonds. The van der Waals surface area contributed by atoms with Crippen molar-refractivity contribution in [2.45, 2.75) is 6.92 Å². The van der Waals surface area contributed by atoms with Crippen molar-refractivity contribution in [2.75, 3.05) is 23.1 Å². The molecule has 3 aromatic rings. The second-order valence-electron chi connectivity index (χ2n) is 6.45. The zero-order valence-electron chi connectivity index (χ0n) is 16.6. The van der Waals surface area contributed by atoms with E-state index in [0.29, 0.717) is 33.9 Å². The first kappa shape index (κ1) is 20.6. The van der Waals surface area contributed by atoms with Crippen molar-refractivity contribution in [1.29, 1.82) is 0 Å². The number of rotatable bonds is 6. The number of methoxy groups -OCH3 is 1. The molecular formula is C23H21N3O4. The quantitative estimate of drug-likeness (QED) is 0.576. The second-order valence-corrected chi connectivity index (χ2v) is 6.45. The number of carbonyl (C=O) groups is 3. The fourth-order valence-corrected chi connectivity index (χ4v) is 2.78. The summed E-state index contributed by atoms with van der Waals surface area (Å²) in [5.41, 5.74) is 2.47. The lowest BCUT2D eigenvalue weighted by Gasteiger charge is -2.13. The molecule has 0 aliphatic carbocycles. The molecule has 3 aromatic carbocycles. The van der Waals surface area contributed by atoms with Crippen molar-refractivity contribution >= 4 is 34.8 Å². The van der Waals surface area contributed by atoms with Crippen LogP contribution in [0.2, 0.25) is 0 Å². The van der Waals surface area contributed by atoms with Crippen LogP contribution in [0.25, 0.3) is 0 Å². The molecule has 0 saturated heterocycles. The molecular weight excluding hydrogens is 382 g/mol. The molecule has 30 heavy (non-hydrogen) atoms. The maximum absolute atomic E-state index is 12.5. The van der Waals surface area contributed by atoms with Gasteiger partial charge in [-0.1, -0.05) is 18.2 Å². The van der Waals surface area contributed by atoms with Crippen molar-refractivity contribution in [1.82, 2.24) is 0 Å². The number of amides is 3. The average Bonchev–Trinajstić information content (AvgIpc) is 2.74. The Kier molecular flexibility index (Phi) is 6.44. The van der Waals surface area contributed by atoms with Crippen LogP contribution in [0.1, 0.15) is 27.6 Å². The first-order chi connectivity index (χ1) is 14.5. The molecule has 152 valence electrons. The van der Waals surface area contributed by atoms with E-state index in [1.54, 1.807) is 66.7 Å². The Hall–Kier alpha value is -4.13. The third-order valence-electron chi connectivity index (χ3n) is 4.21. The van der Waals surface area contributed by atoms with Gasteiger partial charge in [0.2, 0.25) is 5.91 Å². The highest BCUT2D eigenvalue weighted by atomic mass is 16.5. The van der Waals surface area contributed by atoms with E-state index in [1.807, 2.05) is 6.07 Å². The molecule has 3 rings (SSSR count). The SMILES string of the molecule is COc1ccc(NC(=O)c2ccc(NC(C)=O)cc2)cc1NC(=O)c1ccccc1. The van der Waals surface area contributed by atoms with E-state index in [1.165, 1.54) is 14.0 Å². The van der Waals surface area contributed by atoms with E-state index in [2.05, 4.69) is 16.0 Å². The molecule has 3 N–H and O–H groups in total. The van der Waals surface area contributed by atoms with Crippen molar-refractivity contribution in [3.63, 3.8) is 0 Å². The summed E-state index contributed by atoms with van der Waals surface area (Å²) in [6.45, 7) is 1.42. The Morgan fingerprint density at radius 1 is 0.700 bits per heavy atom. The van der Waals surface area contributed by atoms with Crippen LogP contribution in [-0.4, -0.2) is 24.8 Å². The van der Waals surface area contributed by atoms with Crippen LogP contribution in [0.5, 0.6) is 5.75 Å². The highest BCUT2D eigenvalue weighted by Gasteiger charge is 2.12. The number of hydrogen-bond acceptors (Lipinski definition) is 4. The number of ether oxygens (including phenoxy) is 1. The van der Waals surface area contributed by atoms with Crippen LogP contribution in [0.15, 0.2) is 72.8 Å². The Bertz CT molecular complexity index is 1060. The molecule has 0 radical (unpaired) electrons. The van der Waals surface area contributed by atoms with Crippen LogP contribution in [0.4, 0.5) is 17.1 Å². The third kappa shape index (κ3) is 5.23. The van der Waals surface area contributed by atoms with Gasteiger partial charge in [-0.2, -0.15) is 0 Å². The van der Waals surface area contributed by atoms with E-state index < -0.39 is 0 Å². The van der Waals surface area contributed by atoms with Gasteiger partial charge in [0, 0.05) is 29.4 Å². The predicted molar refractivity (Wildman–Crippen MR) is 116 cm³/mol. The minimum Gasteiger partial charge on any atom is -0.495 e. The van der Waals surface area contributed by atoms with Gasteiger partial charge in [-0.25, -0.2) is 0 Å². The fraction of sp³-hybridized carbons (Fsp3) is 0.0870. The first-order valence-corrected chi connectivity index (χ1v) is 9.19. The summed E-state index contributed by atoms with van der Waals surface area (Å²) < 4.78 is 5.31. The Balaban J connectivity index is 1.75. The minimum atomic E-state index is -0.324. The minimum absolute atomic E-state index is 0.185. The molecule has 0 aliphatic heterocycles. The van der Waals surface area contributed by atoms with Crippen LogP contribution in [0.3, 0.4) is 0 Å². The fourth-order valence-electron chi connectivity index (χ4n) is 2.78. The monoisotopic (exact) mass is 403 g/mol. The summed E-state index contributed by atoms with van der Waals surface area (Å²) in [5, 5.41) is 8.24. The maximum Gasteiger partial charge on any atom is 0.255 e. The van der Waals surface area contributed by atoms with E-state index in [0.717, 1.165) is 0 Å². The maximum atomic E-state index is 12.5. The van der Waals surface area contributed by atoms with Gasteiger partial charge >= 0.3 is 0 Å². The molecule has 0 bridgehead atoms. The van der Waals surface area contributed by atoms with Gasteiger partial charge in [-0.3, -0.25) is 14.4 Å². The molecule has 0 aliphatic rings. The Morgan fingerprint density at radius 2 is 1.30 bits per heavy atom. The van der Waals surface area contributed by atoms with Gasteiger partial charge in [0.25, 0.3) is 11.8 Å². The summed E-state index contributed by atoms with van der Waals surface area (Å²) in [6, 6.07) is 20.3. The van der Waals surface area contributed by atoms with Gasteiger partial charge in [0.05, 0.1) is 12.8 Å². The standard InChI is InChI=1S/C23H21N3O4/c1-15(27)24-18-10-8-17(9-11-18)22(28)25-19-12-13-21(30-2)20(14-19)26-23(29)16-6-4-3-5-7-16/h3-14H,1-2H3,(H,24,27)(H,25,28)(H,26,29). The lowest BCUT2D eigenvalue weighted by atomic mass is 10.1. The van der Waals surface area contributed by atoms with E-state index in [-0.39, 0.29) is 17.7 Å². The summed E-state index contributed by atoms with van der Waals surface area (Å²) in [4.78, 5) is 36.1. The number of hydrogen-bond donors (Lipinski definition) is 3. The average molecular weight is 403 g/mol. The lowest BCUT2D eigenvalue weighted by molar-refractivity contribution is -0.114. The smallest absolute Gasteiger partial charge is 0.255 e. The second kappa shape index (κ2) is 9.38. The molecule has 0 atom stereocenters. The molecule has 0 aromatic heterocycles. The van der Waals surface area contributed by atoms with Crippen LogP contribution in [0, 0.1) is 0 Å². The first-order valence-electron chi connectivity index (χ1n) is 9.19. The van der Waals surface area contributed by atoms with Crippen molar-refractivity contribution < 1.29 is 19.1 Å². The number of anilines is 3. The topological polar surface area (TPSA) is 96.5 Å². The highest BCUT2D eigenvalue weighted by Crippen LogP contribution is 2.28. The number of nitrogens with one attached hydrogen (secondary N) is 3.